The molecule has 1 aromatic heterocycles. The Kier molecular flexibility index (Phi) is 6.74. The van der Waals surface area contributed by atoms with Crippen LogP contribution in [0.5, 0.6) is 5.75 Å². The second-order valence-corrected chi connectivity index (χ2v) is 7.02. The number of carbonyl (C=O) groups excluding carboxylic acids is 2. The van der Waals surface area contributed by atoms with Gasteiger partial charge in [-0.2, -0.15) is 0 Å². The zero-order valence-corrected chi connectivity index (χ0v) is 17.2. The minimum atomic E-state index is -0.940. The predicted octanol–water partition coefficient (Wildman–Crippen LogP) is 4.37. The molecule has 2 aromatic carbocycles. The second-order valence-electron chi connectivity index (χ2n) is 6.62. The molecule has 3 aromatic rings. The molecule has 30 heavy (non-hydrogen) atoms. The van der Waals surface area contributed by atoms with E-state index < -0.39 is 23.7 Å². The zero-order valence-electron chi connectivity index (χ0n) is 16.4. The number of ether oxygens (including phenoxy) is 2. The minimum absolute atomic E-state index is 0.0285. The van der Waals surface area contributed by atoms with Crippen LogP contribution < -0.4 is 15.7 Å². The van der Waals surface area contributed by atoms with Crippen LogP contribution in [0.1, 0.15) is 24.5 Å². The number of alkyl carbamates (subject to hydrolysis) is 1. The van der Waals surface area contributed by atoms with Crippen LogP contribution in [0, 0.1) is 6.92 Å². The highest BCUT2D eigenvalue weighted by atomic mass is 35.5. The van der Waals surface area contributed by atoms with Crippen LogP contribution in [0.2, 0.25) is 5.02 Å². The summed E-state index contributed by atoms with van der Waals surface area (Å²) in [5.74, 6) is -0.689. The highest BCUT2D eigenvalue weighted by Gasteiger charge is 2.23. The number of hydrogen-bond acceptors (Lipinski definition) is 6. The lowest BCUT2D eigenvalue weighted by Gasteiger charge is -2.16. The zero-order chi connectivity index (χ0) is 21.7. The number of hydrogen-bond donors (Lipinski definition) is 1. The number of carbonyl (C=O) groups is 2. The lowest BCUT2D eigenvalue weighted by atomic mass is 10.1. The van der Waals surface area contributed by atoms with E-state index >= 15 is 0 Å². The number of esters is 1. The molecule has 0 spiro atoms. The molecule has 0 saturated heterocycles. The average molecular weight is 430 g/mol. The molecule has 7 nitrogen and oxygen atoms in total. The minimum Gasteiger partial charge on any atom is -0.445 e. The van der Waals surface area contributed by atoms with Crippen molar-refractivity contribution in [2.75, 3.05) is 0 Å². The molecule has 1 atom stereocenters. The van der Waals surface area contributed by atoms with Crippen molar-refractivity contribution in [3.05, 3.63) is 75.1 Å². The van der Waals surface area contributed by atoms with Gasteiger partial charge >= 0.3 is 17.7 Å². The summed E-state index contributed by atoms with van der Waals surface area (Å²) >= 11 is 6.22. The molecule has 0 aliphatic carbocycles. The summed E-state index contributed by atoms with van der Waals surface area (Å²) in [4.78, 5) is 36.2. The van der Waals surface area contributed by atoms with Gasteiger partial charge in [-0.25, -0.2) is 14.4 Å². The molecule has 1 amide bonds. The summed E-state index contributed by atoms with van der Waals surface area (Å²) in [6.45, 7) is 3.54. The van der Waals surface area contributed by atoms with E-state index in [4.69, 9.17) is 25.5 Å². The van der Waals surface area contributed by atoms with Crippen LogP contribution in [-0.4, -0.2) is 18.1 Å². The average Bonchev–Trinajstić information content (AvgIpc) is 2.72. The van der Waals surface area contributed by atoms with Crippen molar-refractivity contribution in [1.82, 2.24) is 5.32 Å². The fourth-order valence-corrected chi connectivity index (χ4v) is 3.01. The topological polar surface area (TPSA) is 94.8 Å². The van der Waals surface area contributed by atoms with Crippen molar-refractivity contribution < 1.29 is 23.5 Å². The van der Waals surface area contributed by atoms with Crippen LogP contribution in [0.15, 0.2) is 57.7 Å². The number of nitrogens with one attached hydrogen (secondary N) is 1. The van der Waals surface area contributed by atoms with Crippen molar-refractivity contribution in [1.29, 1.82) is 0 Å². The van der Waals surface area contributed by atoms with Crippen molar-refractivity contribution in [2.24, 2.45) is 0 Å². The summed E-state index contributed by atoms with van der Waals surface area (Å²) < 4.78 is 15.6. The van der Waals surface area contributed by atoms with Crippen LogP contribution >= 0.6 is 11.6 Å². The smallest absolute Gasteiger partial charge is 0.408 e. The van der Waals surface area contributed by atoms with Crippen molar-refractivity contribution >= 4 is 34.6 Å². The van der Waals surface area contributed by atoms with Crippen LogP contribution in [0.3, 0.4) is 0 Å². The van der Waals surface area contributed by atoms with Gasteiger partial charge in [0, 0.05) is 17.5 Å². The molecule has 0 radical (unpaired) electrons. The molecule has 0 fully saturated rings. The maximum Gasteiger partial charge on any atom is 0.408 e. The number of fused-ring (bicyclic) bond motifs is 1. The Labute approximate surface area is 177 Å². The standard InChI is InChI=1S/C22H20ClNO6/c1-3-17(24-22(27)28-12-14-7-5-4-6-8-14)21(26)30-19-11-18-15(10-16(19)23)13(2)9-20(25)29-18/h4-11,17H,3,12H2,1-2H3,(H,24,27)/t17-/m0/s1. The largest absolute Gasteiger partial charge is 0.445 e. The molecule has 0 aliphatic rings. The Balaban J connectivity index is 1.68. The third-order valence-electron chi connectivity index (χ3n) is 4.41. The first-order valence-corrected chi connectivity index (χ1v) is 9.68. The molecule has 0 saturated carbocycles. The fraction of sp³-hybridized carbons (Fsp3) is 0.227. The number of amides is 1. The fourth-order valence-electron chi connectivity index (χ4n) is 2.81. The number of aryl methyl sites for hydroxylation is 1. The summed E-state index contributed by atoms with van der Waals surface area (Å²) in [7, 11) is 0. The monoisotopic (exact) mass is 429 g/mol. The number of benzene rings is 2. The van der Waals surface area contributed by atoms with Gasteiger partial charge < -0.3 is 19.2 Å². The highest BCUT2D eigenvalue weighted by molar-refractivity contribution is 6.33. The molecule has 1 N–H and O–H groups in total. The van der Waals surface area contributed by atoms with E-state index in [1.165, 1.54) is 12.1 Å². The Bertz CT molecular complexity index is 1130. The summed E-state index contributed by atoms with van der Waals surface area (Å²) in [6.07, 6.45) is -0.465. The lowest BCUT2D eigenvalue weighted by Crippen LogP contribution is -2.42. The third kappa shape index (κ3) is 5.18. The first kappa shape index (κ1) is 21.4. The summed E-state index contributed by atoms with van der Waals surface area (Å²) in [6, 6.07) is 12.5. The van der Waals surface area contributed by atoms with Crippen LogP contribution in [0.25, 0.3) is 11.0 Å². The van der Waals surface area contributed by atoms with E-state index in [1.54, 1.807) is 19.9 Å². The summed E-state index contributed by atoms with van der Waals surface area (Å²) in [5.41, 5.74) is 1.24. The molecular formula is C22H20ClNO6. The van der Waals surface area contributed by atoms with Crippen molar-refractivity contribution in [2.45, 2.75) is 32.9 Å². The molecule has 8 heteroatoms. The highest BCUT2D eigenvalue weighted by Crippen LogP contribution is 2.31. The van der Waals surface area contributed by atoms with Gasteiger partial charge in [0.1, 0.15) is 18.2 Å². The Hall–Kier alpha value is -3.32. The maximum absolute atomic E-state index is 12.5. The van der Waals surface area contributed by atoms with Gasteiger partial charge in [0.15, 0.2) is 5.75 Å². The van der Waals surface area contributed by atoms with Gasteiger partial charge in [-0.1, -0.05) is 48.9 Å². The van der Waals surface area contributed by atoms with E-state index in [0.717, 1.165) is 5.56 Å². The Morgan fingerprint density at radius 3 is 2.60 bits per heavy atom. The first-order chi connectivity index (χ1) is 14.4. The van der Waals surface area contributed by atoms with Gasteiger partial charge in [-0.3, -0.25) is 0 Å². The van der Waals surface area contributed by atoms with Crippen LogP contribution in [0.4, 0.5) is 4.79 Å². The van der Waals surface area contributed by atoms with E-state index in [2.05, 4.69) is 5.32 Å². The number of halogens is 1. The molecule has 0 aliphatic heterocycles. The van der Waals surface area contributed by atoms with E-state index in [-0.39, 0.29) is 29.4 Å². The van der Waals surface area contributed by atoms with Gasteiger partial charge in [-0.05, 0) is 30.5 Å². The molecule has 0 unspecified atom stereocenters. The van der Waals surface area contributed by atoms with Crippen molar-refractivity contribution in [3.8, 4) is 5.75 Å². The van der Waals surface area contributed by atoms with E-state index in [0.29, 0.717) is 10.9 Å². The summed E-state index contributed by atoms with van der Waals surface area (Å²) in [5, 5.41) is 3.29. The third-order valence-corrected chi connectivity index (χ3v) is 4.71. The second kappa shape index (κ2) is 9.45. The lowest BCUT2D eigenvalue weighted by molar-refractivity contribution is -0.136. The maximum atomic E-state index is 12.5. The van der Waals surface area contributed by atoms with Crippen molar-refractivity contribution in [3.63, 3.8) is 0 Å². The molecule has 156 valence electrons. The molecular weight excluding hydrogens is 410 g/mol. The molecule has 3 rings (SSSR count). The Morgan fingerprint density at radius 1 is 1.17 bits per heavy atom. The van der Waals surface area contributed by atoms with Gasteiger partial charge in [0.05, 0.1) is 5.02 Å². The van der Waals surface area contributed by atoms with E-state index in [9.17, 15) is 14.4 Å². The normalized spacial score (nSPS) is 11.7. The SMILES string of the molecule is CC[C@H](NC(=O)OCc1ccccc1)C(=O)Oc1cc2oc(=O)cc(C)c2cc1Cl. The quantitative estimate of drug-likeness (QED) is 0.355. The number of rotatable bonds is 6. The Morgan fingerprint density at radius 2 is 1.90 bits per heavy atom. The van der Waals surface area contributed by atoms with Crippen LogP contribution in [-0.2, 0) is 16.1 Å². The van der Waals surface area contributed by atoms with E-state index in [1.807, 2.05) is 30.3 Å². The molecule has 1 heterocycles. The first-order valence-electron chi connectivity index (χ1n) is 9.30. The van der Waals surface area contributed by atoms with Gasteiger partial charge in [0.2, 0.25) is 0 Å². The van der Waals surface area contributed by atoms with Gasteiger partial charge in [-0.15, -0.1) is 0 Å². The molecule has 0 bridgehead atoms. The van der Waals surface area contributed by atoms with Gasteiger partial charge in [0.25, 0.3) is 0 Å². The predicted molar refractivity (Wildman–Crippen MR) is 112 cm³/mol.